The lowest BCUT2D eigenvalue weighted by molar-refractivity contribution is 0.0520. The molecule has 7 nitrogen and oxygen atoms in total. The van der Waals surface area contributed by atoms with E-state index in [0.29, 0.717) is 17.3 Å². The summed E-state index contributed by atoms with van der Waals surface area (Å²) in [7, 11) is 1.33. The van der Waals surface area contributed by atoms with E-state index >= 15 is 0 Å². The number of anilines is 1. The Morgan fingerprint density at radius 2 is 1.96 bits per heavy atom. The van der Waals surface area contributed by atoms with Gasteiger partial charge in [-0.2, -0.15) is 0 Å². The van der Waals surface area contributed by atoms with Crippen LogP contribution in [0.25, 0.3) is 0 Å². The fraction of sp³-hybridized carbons (Fsp3) is 0.412. The van der Waals surface area contributed by atoms with Crippen molar-refractivity contribution >= 4 is 28.3 Å². The van der Waals surface area contributed by atoms with Gasteiger partial charge in [-0.05, 0) is 44.2 Å². The van der Waals surface area contributed by atoms with Gasteiger partial charge in [0.1, 0.15) is 10.7 Å². The number of carbonyl (C=O) groups excluding carboxylic acids is 2. The first kappa shape index (κ1) is 18.9. The van der Waals surface area contributed by atoms with E-state index in [1.807, 2.05) is 6.07 Å². The fourth-order valence-electron chi connectivity index (χ4n) is 2.23. The molecule has 0 aliphatic heterocycles. The Kier molecular flexibility index (Phi) is 6.88. The Bertz CT molecular complexity index is 728. The number of unbranched alkanes of at least 4 members (excludes halogenated alkanes) is 1. The molecule has 0 aliphatic rings. The highest BCUT2D eigenvalue weighted by Gasteiger charge is 2.17. The number of ether oxygens (including phenoxy) is 2. The third-order valence-corrected chi connectivity index (χ3v) is 4.44. The van der Waals surface area contributed by atoms with Gasteiger partial charge in [-0.25, -0.2) is 19.6 Å². The van der Waals surface area contributed by atoms with Crippen molar-refractivity contribution in [3.8, 4) is 0 Å². The van der Waals surface area contributed by atoms with Crippen molar-refractivity contribution in [3.63, 3.8) is 0 Å². The molecule has 0 fully saturated rings. The van der Waals surface area contributed by atoms with E-state index in [1.165, 1.54) is 18.4 Å². The minimum absolute atomic E-state index is 0.212. The number of carbonyl (C=O) groups is 2. The van der Waals surface area contributed by atoms with Crippen molar-refractivity contribution in [2.75, 3.05) is 19.5 Å². The molecule has 0 spiro atoms. The zero-order chi connectivity index (χ0) is 18.2. The molecule has 0 atom stereocenters. The van der Waals surface area contributed by atoms with Gasteiger partial charge in [0, 0.05) is 6.20 Å². The molecule has 25 heavy (non-hydrogen) atoms. The SMILES string of the molecule is CCOC(=O)c1nc(CCCCc2ccc(C(=O)OC)nc2)sc1N. The topological polar surface area (TPSA) is 104 Å². The number of thiazole rings is 1. The number of rotatable bonds is 8. The van der Waals surface area contributed by atoms with Gasteiger partial charge in [0.05, 0.1) is 18.7 Å². The van der Waals surface area contributed by atoms with E-state index < -0.39 is 11.9 Å². The van der Waals surface area contributed by atoms with E-state index in [9.17, 15) is 9.59 Å². The lowest BCUT2D eigenvalue weighted by Gasteiger charge is -2.02. The highest BCUT2D eigenvalue weighted by Crippen LogP contribution is 2.23. The highest BCUT2D eigenvalue weighted by atomic mass is 32.1. The molecule has 0 bridgehead atoms. The van der Waals surface area contributed by atoms with E-state index in [4.69, 9.17) is 10.5 Å². The van der Waals surface area contributed by atoms with Crippen LogP contribution < -0.4 is 5.73 Å². The summed E-state index contributed by atoms with van der Waals surface area (Å²) in [6.07, 6.45) is 5.13. The van der Waals surface area contributed by atoms with Crippen LogP contribution >= 0.6 is 11.3 Å². The van der Waals surface area contributed by atoms with Crippen molar-refractivity contribution in [2.45, 2.75) is 32.6 Å². The number of aromatic nitrogens is 2. The Morgan fingerprint density at radius 1 is 1.20 bits per heavy atom. The van der Waals surface area contributed by atoms with Crippen molar-refractivity contribution < 1.29 is 19.1 Å². The third-order valence-electron chi connectivity index (χ3n) is 3.49. The van der Waals surface area contributed by atoms with Crippen LogP contribution in [0.5, 0.6) is 0 Å². The summed E-state index contributed by atoms with van der Waals surface area (Å²) >= 11 is 1.32. The summed E-state index contributed by atoms with van der Waals surface area (Å²) in [4.78, 5) is 31.4. The predicted octanol–water partition coefficient (Wildman–Crippen LogP) is 2.65. The van der Waals surface area contributed by atoms with Crippen LogP contribution in [0.1, 0.15) is 51.3 Å². The van der Waals surface area contributed by atoms with Crippen LogP contribution in [-0.2, 0) is 22.3 Å². The van der Waals surface area contributed by atoms with Gasteiger partial charge < -0.3 is 15.2 Å². The third kappa shape index (κ3) is 5.25. The lowest BCUT2D eigenvalue weighted by atomic mass is 10.1. The Labute approximate surface area is 150 Å². The molecule has 2 aromatic rings. The number of nitrogen functional groups attached to an aromatic ring is 1. The smallest absolute Gasteiger partial charge is 0.360 e. The zero-order valence-corrected chi connectivity index (χ0v) is 15.1. The summed E-state index contributed by atoms with van der Waals surface area (Å²) in [5.74, 6) is -0.912. The average molecular weight is 363 g/mol. The first-order valence-electron chi connectivity index (χ1n) is 8.00. The molecular formula is C17H21N3O4S. The number of pyridine rings is 1. The summed E-state index contributed by atoms with van der Waals surface area (Å²) in [5, 5.41) is 1.23. The number of aryl methyl sites for hydroxylation is 2. The first-order valence-corrected chi connectivity index (χ1v) is 8.82. The summed E-state index contributed by atoms with van der Waals surface area (Å²) < 4.78 is 9.54. The quantitative estimate of drug-likeness (QED) is 0.568. The minimum atomic E-state index is -0.473. The van der Waals surface area contributed by atoms with Crippen LogP contribution in [0.4, 0.5) is 5.00 Å². The molecule has 0 saturated heterocycles. The maximum atomic E-state index is 11.7. The number of nitrogens with two attached hydrogens (primary N) is 1. The van der Waals surface area contributed by atoms with Crippen LogP contribution in [0.15, 0.2) is 18.3 Å². The highest BCUT2D eigenvalue weighted by molar-refractivity contribution is 7.15. The molecule has 2 N–H and O–H groups in total. The average Bonchev–Trinajstić information content (AvgIpc) is 2.99. The second kappa shape index (κ2) is 9.12. The second-order valence-electron chi connectivity index (χ2n) is 5.29. The maximum absolute atomic E-state index is 11.7. The van der Waals surface area contributed by atoms with Crippen LogP contribution in [0.3, 0.4) is 0 Å². The molecule has 0 amide bonds. The van der Waals surface area contributed by atoms with Gasteiger partial charge in [-0.15, -0.1) is 11.3 Å². The first-order chi connectivity index (χ1) is 12.0. The van der Waals surface area contributed by atoms with Crippen molar-refractivity contribution in [2.24, 2.45) is 0 Å². The molecule has 0 unspecified atom stereocenters. The molecule has 8 heteroatoms. The molecule has 0 aliphatic carbocycles. The molecular weight excluding hydrogens is 342 g/mol. The molecule has 2 heterocycles. The van der Waals surface area contributed by atoms with Crippen LogP contribution in [-0.4, -0.2) is 35.6 Å². The summed E-state index contributed by atoms with van der Waals surface area (Å²) in [5.41, 5.74) is 7.40. The second-order valence-corrected chi connectivity index (χ2v) is 6.41. The molecule has 0 saturated carbocycles. The van der Waals surface area contributed by atoms with E-state index in [0.717, 1.165) is 36.3 Å². The molecule has 134 valence electrons. The molecule has 2 rings (SSSR count). The van der Waals surface area contributed by atoms with E-state index in [1.54, 1.807) is 19.2 Å². The zero-order valence-electron chi connectivity index (χ0n) is 14.3. The van der Waals surface area contributed by atoms with E-state index in [2.05, 4.69) is 14.7 Å². The fourth-order valence-corrected chi connectivity index (χ4v) is 3.10. The predicted molar refractivity (Wildman–Crippen MR) is 94.7 cm³/mol. The van der Waals surface area contributed by atoms with Crippen LogP contribution in [0, 0.1) is 0 Å². The number of methoxy groups -OCH3 is 1. The summed E-state index contributed by atoms with van der Waals surface area (Å²) in [6, 6.07) is 3.54. The Morgan fingerprint density at radius 3 is 2.60 bits per heavy atom. The number of hydrogen-bond acceptors (Lipinski definition) is 8. The van der Waals surface area contributed by atoms with E-state index in [-0.39, 0.29) is 5.69 Å². The molecule has 0 aromatic carbocycles. The number of nitrogens with zero attached hydrogens (tertiary/aromatic N) is 2. The van der Waals surface area contributed by atoms with Gasteiger partial charge in [0.15, 0.2) is 5.69 Å². The number of esters is 2. The van der Waals surface area contributed by atoms with Gasteiger partial charge >= 0.3 is 11.9 Å². The number of hydrogen-bond donors (Lipinski definition) is 1. The Hall–Kier alpha value is -2.48. The van der Waals surface area contributed by atoms with Crippen molar-refractivity contribution in [1.29, 1.82) is 0 Å². The van der Waals surface area contributed by atoms with Gasteiger partial charge in [0.2, 0.25) is 0 Å². The molecule has 2 aromatic heterocycles. The van der Waals surface area contributed by atoms with Gasteiger partial charge in [-0.3, -0.25) is 0 Å². The van der Waals surface area contributed by atoms with Gasteiger partial charge in [-0.1, -0.05) is 6.07 Å². The summed E-state index contributed by atoms with van der Waals surface area (Å²) in [6.45, 7) is 2.04. The maximum Gasteiger partial charge on any atom is 0.360 e. The van der Waals surface area contributed by atoms with Crippen LogP contribution in [0.2, 0.25) is 0 Å². The molecule has 0 radical (unpaired) electrons. The minimum Gasteiger partial charge on any atom is -0.464 e. The Balaban J connectivity index is 1.80. The monoisotopic (exact) mass is 363 g/mol. The van der Waals surface area contributed by atoms with Gasteiger partial charge in [0.25, 0.3) is 0 Å². The standard InChI is InChI=1S/C17H21N3O4S/c1-3-24-17(22)14-15(18)25-13(20-14)7-5-4-6-11-8-9-12(19-10-11)16(21)23-2/h8-10H,3-7,18H2,1-2H3. The largest absolute Gasteiger partial charge is 0.464 e. The lowest BCUT2D eigenvalue weighted by Crippen LogP contribution is -2.07. The van der Waals surface area contributed by atoms with Crippen molar-refractivity contribution in [3.05, 3.63) is 40.3 Å². The normalized spacial score (nSPS) is 10.5. The van der Waals surface area contributed by atoms with Crippen molar-refractivity contribution in [1.82, 2.24) is 9.97 Å².